The Labute approximate surface area is 79.8 Å². The van der Waals surface area contributed by atoms with Crippen molar-refractivity contribution in [3.05, 3.63) is 29.3 Å². The van der Waals surface area contributed by atoms with E-state index >= 15 is 0 Å². The van der Waals surface area contributed by atoms with Gasteiger partial charge in [0.05, 0.1) is 6.61 Å². The minimum Gasteiger partial charge on any atom is -0.392 e. The minimum absolute atomic E-state index is 0.198. The third-order valence-electron chi connectivity index (χ3n) is 1.60. The van der Waals surface area contributed by atoms with Crippen molar-refractivity contribution in [1.82, 2.24) is 0 Å². The molecule has 0 fully saturated rings. The van der Waals surface area contributed by atoms with E-state index in [1.165, 1.54) is 0 Å². The lowest BCUT2D eigenvalue weighted by atomic mass is 10.1. The lowest BCUT2D eigenvalue weighted by Gasteiger charge is -2.06. The third kappa shape index (κ3) is 2.97. The van der Waals surface area contributed by atoms with Crippen LogP contribution in [0.3, 0.4) is 0 Å². The molecule has 0 aliphatic rings. The van der Waals surface area contributed by atoms with Crippen LogP contribution in [0.2, 0.25) is 0 Å². The molecule has 1 aromatic rings. The van der Waals surface area contributed by atoms with Crippen LogP contribution in [-0.2, 0) is 6.61 Å². The van der Waals surface area contributed by atoms with Crippen molar-refractivity contribution in [3.8, 4) is 0 Å². The number of aliphatic hydroxyl groups excluding tert-OH is 1. The molecular formula is C9H10F2OS. The van der Waals surface area contributed by atoms with Crippen molar-refractivity contribution >= 4 is 11.8 Å². The molecule has 0 aliphatic heterocycles. The topological polar surface area (TPSA) is 20.2 Å². The fraction of sp³-hybridized carbons (Fsp3) is 0.333. The molecule has 72 valence electrons. The summed E-state index contributed by atoms with van der Waals surface area (Å²) < 4.78 is 24.0. The van der Waals surface area contributed by atoms with Crippen molar-refractivity contribution in [2.45, 2.75) is 24.2 Å². The number of hydrogen-bond donors (Lipinski definition) is 1. The van der Waals surface area contributed by atoms with Crippen LogP contribution in [-0.4, -0.2) is 10.9 Å². The van der Waals surface area contributed by atoms with E-state index in [0.29, 0.717) is 22.2 Å². The Morgan fingerprint density at radius 2 is 2.15 bits per heavy atom. The largest absolute Gasteiger partial charge is 0.392 e. The summed E-state index contributed by atoms with van der Waals surface area (Å²) in [6, 6.07) is 5.08. The van der Waals surface area contributed by atoms with Crippen LogP contribution >= 0.6 is 11.8 Å². The highest BCUT2D eigenvalue weighted by Gasteiger charge is 2.09. The van der Waals surface area contributed by atoms with Crippen LogP contribution in [0.15, 0.2) is 23.1 Å². The smallest absolute Gasteiger partial charge is 0.288 e. The second-order valence-electron chi connectivity index (χ2n) is 2.65. The Bertz CT molecular complexity index is 289. The summed E-state index contributed by atoms with van der Waals surface area (Å²) in [5.41, 5.74) is 1.52. The number of halogens is 2. The van der Waals surface area contributed by atoms with Gasteiger partial charge < -0.3 is 5.11 Å². The zero-order valence-electron chi connectivity index (χ0n) is 7.13. The number of benzene rings is 1. The molecular weight excluding hydrogens is 194 g/mol. The third-order valence-corrected chi connectivity index (χ3v) is 2.43. The predicted octanol–water partition coefficient (Wildman–Crippen LogP) is 2.80. The lowest BCUT2D eigenvalue weighted by Crippen LogP contribution is -1.91. The molecule has 0 aromatic heterocycles. The highest BCUT2D eigenvalue weighted by molar-refractivity contribution is 7.99. The van der Waals surface area contributed by atoms with E-state index in [0.717, 1.165) is 5.56 Å². The molecule has 0 radical (unpaired) electrons. The van der Waals surface area contributed by atoms with Crippen LogP contribution in [0.25, 0.3) is 0 Å². The molecule has 1 aromatic carbocycles. The maximum absolute atomic E-state index is 12.0. The van der Waals surface area contributed by atoms with Crippen LogP contribution in [0, 0.1) is 6.92 Å². The number of aryl methyl sites for hydroxylation is 1. The lowest BCUT2D eigenvalue weighted by molar-refractivity contribution is 0.251. The summed E-state index contributed by atoms with van der Waals surface area (Å²) in [6.07, 6.45) is 0. The highest BCUT2D eigenvalue weighted by atomic mass is 32.2. The van der Waals surface area contributed by atoms with Gasteiger partial charge in [0.2, 0.25) is 0 Å². The molecule has 0 heterocycles. The molecule has 1 nitrogen and oxygen atoms in total. The Morgan fingerprint density at radius 3 is 2.69 bits per heavy atom. The first-order valence-electron chi connectivity index (χ1n) is 3.78. The predicted molar refractivity (Wildman–Crippen MR) is 49.0 cm³/mol. The summed E-state index contributed by atoms with van der Waals surface area (Å²) in [6.45, 7) is 1.66. The molecule has 13 heavy (non-hydrogen) atoms. The first kappa shape index (κ1) is 10.5. The zero-order chi connectivity index (χ0) is 9.84. The van der Waals surface area contributed by atoms with Gasteiger partial charge in [-0.3, -0.25) is 0 Å². The molecule has 0 saturated carbocycles. The van der Waals surface area contributed by atoms with Gasteiger partial charge >= 0.3 is 0 Å². The second kappa shape index (κ2) is 4.58. The SMILES string of the molecule is Cc1ccc(SC(F)F)c(CO)c1. The second-order valence-corrected chi connectivity index (χ2v) is 3.68. The Balaban J connectivity index is 2.92. The van der Waals surface area contributed by atoms with E-state index in [-0.39, 0.29) is 6.61 Å². The normalized spacial score (nSPS) is 10.8. The average molecular weight is 204 g/mol. The van der Waals surface area contributed by atoms with Gasteiger partial charge in [-0.15, -0.1) is 0 Å². The molecule has 0 saturated heterocycles. The maximum atomic E-state index is 12.0. The molecule has 4 heteroatoms. The monoisotopic (exact) mass is 204 g/mol. The van der Waals surface area contributed by atoms with Gasteiger partial charge in [-0.05, 0) is 18.6 Å². The van der Waals surface area contributed by atoms with Crippen molar-refractivity contribution in [2.75, 3.05) is 0 Å². The number of aliphatic hydroxyl groups is 1. The summed E-state index contributed by atoms with van der Waals surface area (Å²) in [4.78, 5) is 0.447. The first-order chi connectivity index (χ1) is 6.13. The van der Waals surface area contributed by atoms with Crippen LogP contribution in [0.4, 0.5) is 8.78 Å². The molecule has 0 aliphatic carbocycles. The average Bonchev–Trinajstić information content (AvgIpc) is 2.07. The van der Waals surface area contributed by atoms with Crippen molar-refractivity contribution < 1.29 is 13.9 Å². The van der Waals surface area contributed by atoms with E-state index in [4.69, 9.17) is 5.11 Å². The van der Waals surface area contributed by atoms with E-state index in [2.05, 4.69) is 0 Å². The summed E-state index contributed by atoms with van der Waals surface area (Å²) in [7, 11) is 0. The zero-order valence-corrected chi connectivity index (χ0v) is 7.94. The van der Waals surface area contributed by atoms with E-state index < -0.39 is 5.76 Å². The van der Waals surface area contributed by atoms with Crippen LogP contribution in [0.5, 0.6) is 0 Å². The van der Waals surface area contributed by atoms with Crippen LogP contribution in [0.1, 0.15) is 11.1 Å². The van der Waals surface area contributed by atoms with Gasteiger partial charge in [0, 0.05) is 4.90 Å². The van der Waals surface area contributed by atoms with Gasteiger partial charge in [0.15, 0.2) is 0 Å². The number of thioether (sulfide) groups is 1. The van der Waals surface area contributed by atoms with E-state index in [1.54, 1.807) is 18.2 Å². The van der Waals surface area contributed by atoms with Crippen molar-refractivity contribution in [1.29, 1.82) is 0 Å². The van der Waals surface area contributed by atoms with Crippen molar-refractivity contribution in [2.24, 2.45) is 0 Å². The molecule has 1 N–H and O–H groups in total. The quantitative estimate of drug-likeness (QED) is 0.764. The summed E-state index contributed by atoms with van der Waals surface area (Å²) >= 11 is 0.465. The summed E-state index contributed by atoms with van der Waals surface area (Å²) in [5, 5.41) is 8.90. The Hall–Kier alpha value is -0.610. The Morgan fingerprint density at radius 1 is 1.46 bits per heavy atom. The van der Waals surface area contributed by atoms with Crippen molar-refractivity contribution in [3.63, 3.8) is 0 Å². The summed E-state index contributed by atoms with van der Waals surface area (Å²) in [5.74, 6) is -2.44. The van der Waals surface area contributed by atoms with Gasteiger partial charge in [-0.2, -0.15) is 8.78 Å². The molecule has 1 rings (SSSR count). The Kier molecular flexibility index (Phi) is 3.69. The maximum Gasteiger partial charge on any atom is 0.288 e. The van der Waals surface area contributed by atoms with E-state index in [9.17, 15) is 8.78 Å². The molecule has 0 bridgehead atoms. The number of hydrogen-bond acceptors (Lipinski definition) is 2. The van der Waals surface area contributed by atoms with Crippen LogP contribution < -0.4 is 0 Å². The fourth-order valence-corrected chi connectivity index (χ4v) is 1.66. The number of alkyl halides is 2. The molecule has 0 spiro atoms. The van der Waals surface area contributed by atoms with Gasteiger partial charge in [-0.25, -0.2) is 0 Å². The molecule has 0 atom stereocenters. The fourth-order valence-electron chi connectivity index (χ4n) is 1.04. The molecule has 0 amide bonds. The standard InChI is InChI=1S/C9H10F2OS/c1-6-2-3-8(13-9(10)11)7(4-6)5-12/h2-4,9,12H,5H2,1H3. The highest BCUT2D eigenvalue weighted by Crippen LogP contribution is 2.28. The van der Waals surface area contributed by atoms with Gasteiger partial charge in [-0.1, -0.05) is 29.5 Å². The first-order valence-corrected chi connectivity index (χ1v) is 4.66. The number of rotatable bonds is 3. The van der Waals surface area contributed by atoms with E-state index in [1.807, 2.05) is 6.92 Å². The van der Waals surface area contributed by atoms with Gasteiger partial charge in [0.1, 0.15) is 0 Å². The molecule has 0 unspecified atom stereocenters. The van der Waals surface area contributed by atoms with Gasteiger partial charge in [0.25, 0.3) is 5.76 Å². The minimum atomic E-state index is -2.44.